The number of carbonyl (C=O) groups is 1. The van der Waals surface area contributed by atoms with Gasteiger partial charge in [-0.05, 0) is 45.6 Å². The number of hydrogen-bond acceptors (Lipinski definition) is 4. The van der Waals surface area contributed by atoms with Crippen molar-refractivity contribution in [2.45, 2.75) is 63.6 Å². The highest BCUT2D eigenvalue weighted by Gasteiger charge is 2.35. The third-order valence-corrected chi connectivity index (χ3v) is 3.74. The Labute approximate surface area is 109 Å². The van der Waals surface area contributed by atoms with Crippen molar-refractivity contribution in [1.82, 2.24) is 4.90 Å². The number of hydrogen-bond donors (Lipinski definition) is 3. The zero-order valence-corrected chi connectivity index (χ0v) is 11.4. The number of carboxylic acids is 1. The SMILES string of the molecule is CCCN(CC(C)(O)C(=O)O)C1CCC(N)CC1. The monoisotopic (exact) mass is 258 g/mol. The summed E-state index contributed by atoms with van der Waals surface area (Å²) in [6.45, 7) is 4.45. The summed E-state index contributed by atoms with van der Waals surface area (Å²) in [6, 6.07) is 0.639. The molecule has 0 aromatic heterocycles. The molecular formula is C13H26N2O3. The number of nitrogens with two attached hydrogens (primary N) is 1. The van der Waals surface area contributed by atoms with Crippen LogP contribution in [0, 0.1) is 0 Å². The van der Waals surface area contributed by atoms with Crippen molar-refractivity contribution < 1.29 is 15.0 Å². The normalized spacial score (nSPS) is 28.1. The topological polar surface area (TPSA) is 86.8 Å². The third-order valence-electron chi connectivity index (χ3n) is 3.74. The zero-order valence-electron chi connectivity index (χ0n) is 11.4. The first-order valence-electron chi connectivity index (χ1n) is 6.82. The van der Waals surface area contributed by atoms with Gasteiger partial charge in [0.15, 0.2) is 5.60 Å². The molecule has 18 heavy (non-hydrogen) atoms. The minimum atomic E-state index is -1.67. The molecular weight excluding hydrogens is 232 g/mol. The minimum Gasteiger partial charge on any atom is -0.479 e. The van der Waals surface area contributed by atoms with Crippen LogP contribution in [0.5, 0.6) is 0 Å². The predicted molar refractivity (Wildman–Crippen MR) is 70.4 cm³/mol. The van der Waals surface area contributed by atoms with Crippen LogP contribution in [-0.2, 0) is 4.79 Å². The molecule has 0 radical (unpaired) electrons. The van der Waals surface area contributed by atoms with Crippen molar-refractivity contribution in [3.05, 3.63) is 0 Å². The Balaban J connectivity index is 2.62. The van der Waals surface area contributed by atoms with Crippen LogP contribution in [-0.4, -0.2) is 51.9 Å². The van der Waals surface area contributed by atoms with Crippen molar-refractivity contribution >= 4 is 5.97 Å². The van der Waals surface area contributed by atoms with Crippen LogP contribution in [0.25, 0.3) is 0 Å². The summed E-state index contributed by atoms with van der Waals surface area (Å²) in [5.74, 6) is -1.16. The van der Waals surface area contributed by atoms with Crippen molar-refractivity contribution in [2.24, 2.45) is 5.73 Å². The first kappa shape index (κ1) is 15.4. The zero-order chi connectivity index (χ0) is 13.8. The van der Waals surface area contributed by atoms with E-state index < -0.39 is 11.6 Å². The van der Waals surface area contributed by atoms with E-state index in [1.54, 1.807) is 0 Å². The molecule has 4 N–H and O–H groups in total. The lowest BCUT2D eigenvalue weighted by Crippen LogP contribution is -2.51. The molecule has 0 spiro atoms. The summed E-state index contributed by atoms with van der Waals surface area (Å²) in [4.78, 5) is 13.1. The summed E-state index contributed by atoms with van der Waals surface area (Å²) < 4.78 is 0. The summed E-state index contributed by atoms with van der Waals surface area (Å²) in [5.41, 5.74) is 4.21. The van der Waals surface area contributed by atoms with Crippen LogP contribution in [0.1, 0.15) is 46.0 Å². The van der Waals surface area contributed by atoms with E-state index in [0.717, 1.165) is 38.6 Å². The van der Waals surface area contributed by atoms with E-state index in [0.29, 0.717) is 6.04 Å². The van der Waals surface area contributed by atoms with E-state index in [2.05, 4.69) is 11.8 Å². The molecule has 106 valence electrons. The first-order chi connectivity index (χ1) is 8.36. The van der Waals surface area contributed by atoms with Gasteiger partial charge in [-0.2, -0.15) is 0 Å². The second kappa shape index (κ2) is 6.50. The Kier molecular flexibility index (Phi) is 5.56. The fraction of sp³-hybridized carbons (Fsp3) is 0.923. The average molecular weight is 258 g/mol. The van der Waals surface area contributed by atoms with E-state index in [1.807, 2.05) is 0 Å². The molecule has 1 fully saturated rings. The van der Waals surface area contributed by atoms with Crippen molar-refractivity contribution in [2.75, 3.05) is 13.1 Å². The Bertz CT molecular complexity index is 273. The van der Waals surface area contributed by atoms with Crippen LogP contribution in [0.15, 0.2) is 0 Å². The fourth-order valence-corrected chi connectivity index (χ4v) is 2.61. The number of aliphatic hydroxyl groups is 1. The average Bonchev–Trinajstić information content (AvgIpc) is 2.29. The third kappa shape index (κ3) is 4.23. The smallest absolute Gasteiger partial charge is 0.336 e. The lowest BCUT2D eigenvalue weighted by Gasteiger charge is -2.38. The summed E-state index contributed by atoms with van der Waals surface area (Å²) >= 11 is 0. The molecule has 1 aliphatic rings. The maximum absolute atomic E-state index is 11.0. The summed E-state index contributed by atoms with van der Waals surface area (Å²) in [6.07, 6.45) is 4.92. The number of rotatable bonds is 6. The lowest BCUT2D eigenvalue weighted by molar-refractivity contribution is -0.159. The van der Waals surface area contributed by atoms with Gasteiger partial charge in [-0.25, -0.2) is 4.79 Å². The van der Waals surface area contributed by atoms with Crippen LogP contribution in [0.4, 0.5) is 0 Å². The largest absolute Gasteiger partial charge is 0.479 e. The number of carboxylic acid groups (broad SMARTS) is 1. The van der Waals surface area contributed by atoms with Gasteiger partial charge in [0.2, 0.25) is 0 Å². The van der Waals surface area contributed by atoms with Gasteiger partial charge < -0.3 is 15.9 Å². The molecule has 0 bridgehead atoms. The van der Waals surface area contributed by atoms with Crippen molar-refractivity contribution in [3.8, 4) is 0 Å². The maximum atomic E-state index is 11.0. The van der Waals surface area contributed by atoms with Gasteiger partial charge in [0, 0.05) is 18.6 Å². The highest BCUT2D eigenvalue weighted by Crippen LogP contribution is 2.24. The van der Waals surface area contributed by atoms with Gasteiger partial charge in [-0.15, -0.1) is 0 Å². The summed E-state index contributed by atoms with van der Waals surface area (Å²) in [5, 5.41) is 18.9. The quantitative estimate of drug-likeness (QED) is 0.656. The van der Waals surface area contributed by atoms with E-state index in [4.69, 9.17) is 10.8 Å². The Morgan fingerprint density at radius 1 is 1.39 bits per heavy atom. The molecule has 1 aliphatic carbocycles. The molecule has 5 heteroatoms. The second-order valence-corrected chi connectivity index (χ2v) is 5.62. The highest BCUT2D eigenvalue weighted by atomic mass is 16.4. The van der Waals surface area contributed by atoms with Crippen LogP contribution in [0.3, 0.4) is 0 Å². The summed E-state index contributed by atoms with van der Waals surface area (Å²) in [7, 11) is 0. The Hall–Kier alpha value is -0.650. The first-order valence-corrected chi connectivity index (χ1v) is 6.82. The molecule has 1 atom stereocenters. The van der Waals surface area contributed by atoms with Gasteiger partial charge in [0.1, 0.15) is 0 Å². The molecule has 1 rings (SSSR count). The number of aliphatic carboxylic acids is 1. The van der Waals surface area contributed by atoms with Gasteiger partial charge >= 0.3 is 5.97 Å². The van der Waals surface area contributed by atoms with Gasteiger partial charge in [0.05, 0.1) is 0 Å². The standard InChI is InChI=1S/C13H26N2O3/c1-3-8-15(9-13(2,18)12(16)17)11-6-4-10(14)5-7-11/h10-11,18H,3-9,14H2,1-2H3,(H,16,17). The fourth-order valence-electron chi connectivity index (χ4n) is 2.61. The van der Waals surface area contributed by atoms with E-state index >= 15 is 0 Å². The van der Waals surface area contributed by atoms with E-state index in [9.17, 15) is 9.90 Å². The minimum absolute atomic E-state index is 0.191. The van der Waals surface area contributed by atoms with Crippen molar-refractivity contribution in [3.63, 3.8) is 0 Å². The Morgan fingerprint density at radius 3 is 2.39 bits per heavy atom. The van der Waals surface area contributed by atoms with Crippen LogP contribution < -0.4 is 5.73 Å². The van der Waals surface area contributed by atoms with Gasteiger partial charge in [-0.3, -0.25) is 4.90 Å². The molecule has 1 unspecified atom stereocenters. The molecule has 1 saturated carbocycles. The number of nitrogens with zero attached hydrogens (tertiary/aromatic N) is 1. The lowest BCUT2D eigenvalue weighted by atomic mass is 9.90. The van der Waals surface area contributed by atoms with E-state index in [1.165, 1.54) is 6.92 Å². The Morgan fingerprint density at radius 2 is 1.94 bits per heavy atom. The maximum Gasteiger partial charge on any atom is 0.336 e. The van der Waals surface area contributed by atoms with Gasteiger partial charge in [-0.1, -0.05) is 6.92 Å². The predicted octanol–water partition coefficient (Wildman–Crippen LogP) is 0.804. The van der Waals surface area contributed by atoms with Crippen LogP contribution >= 0.6 is 0 Å². The molecule has 0 aromatic rings. The second-order valence-electron chi connectivity index (χ2n) is 5.62. The molecule has 5 nitrogen and oxygen atoms in total. The molecule has 0 amide bonds. The highest BCUT2D eigenvalue weighted by molar-refractivity contribution is 5.76. The van der Waals surface area contributed by atoms with Crippen LogP contribution in [0.2, 0.25) is 0 Å². The molecule has 0 heterocycles. The molecule has 0 aromatic carbocycles. The van der Waals surface area contributed by atoms with E-state index in [-0.39, 0.29) is 12.6 Å². The molecule has 0 aliphatic heterocycles. The molecule has 0 saturated heterocycles. The van der Waals surface area contributed by atoms with Gasteiger partial charge in [0.25, 0.3) is 0 Å². The van der Waals surface area contributed by atoms with Crippen molar-refractivity contribution in [1.29, 1.82) is 0 Å².